The van der Waals surface area contributed by atoms with Gasteiger partial charge in [-0.1, -0.05) is 37.3 Å². The van der Waals surface area contributed by atoms with Crippen LogP contribution in [0.15, 0.2) is 30.3 Å². The van der Waals surface area contributed by atoms with Gasteiger partial charge in [0.25, 0.3) is 0 Å². The van der Waals surface area contributed by atoms with Gasteiger partial charge in [0.05, 0.1) is 10.5 Å². The van der Waals surface area contributed by atoms with Gasteiger partial charge < -0.3 is 16.4 Å². The molecule has 108 valence electrons. The van der Waals surface area contributed by atoms with E-state index in [1.807, 2.05) is 30.3 Å². The lowest BCUT2D eigenvalue weighted by atomic mass is 9.77. The van der Waals surface area contributed by atoms with Crippen molar-refractivity contribution in [3.05, 3.63) is 30.3 Å². The predicted molar refractivity (Wildman–Crippen MR) is 85.7 cm³/mol. The van der Waals surface area contributed by atoms with Gasteiger partial charge in [-0.05, 0) is 43.7 Å². The highest BCUT2D eigenvalue weighted by molar-refractivity contribution is 7.80. The number of urea groups is 1. The van der Waals surface area contributed by atoms with E-state index in [0.29, 0.717) is 10.9 Å². The van der Waals surface area contributed by atoms with Crippen LogP contribution in [-0.4, -0.2) is 16.6 Å². The average molecular weight is 291 g/mol. The van der Waals surface area contributed by atoms with E-state index in [1.54, 1.807) is 0 Å². The van der Waals surface area contributed by atoms with Crippen LogP contribution in [0.3, 0.4) is 0 Å². The summed E-state index contributed by atoms with van der Waals surface area (Å²) in [6.45, 7) is 2.22. The van der Waals surface area contributed by atoms with Gasteiger partial charge in [0, 0.05) is 5.69 Å². The first-order chi connectivity index (χ1) is 9.52. The van der Waals surface area contributed by atoms with Gasteiger partial charge in [-0.2, -0.15) is 0 Å². The van der Waals surface area contributed by atoms with E-state index < -0.39 is 5.54 Å². The number of nitrogens with two attached hydrogens (primary N) is 1. The molecule has 0 aromatic heterocycles. The van der Waals surface area contributed by atoms with Crippen LogP contribution in [0, 0.1) is 5.92 Å². The Labute approximate surface area is 125 Å². The van der Waals surface area contributed by atoms with E-state index in [4.69, 9.17) is 18.0 Å². The van der Waals surface area contributed by atoms with Gasteiger partial charge in [0.1, 0.15) is 0 Å². The van der Waals surface area contributed by atoms with Gasteiger partial charge in [0.15, 0.2) is 0 Å². The Kier molecular flexibility index (Phi) is 4.60. The maximum absolute atomic E-state index is 12.1. The second-order valence-corrected chi connectivity index (χ2v) is 6.01. The quantitative estimate of drug-likeness (QED) is 0.750. The fourth-order valence-corrected chi connectivity index (χ4v) is 2.84. The summed E-state index contributed by atoms with van der Waals surface area (Å²) in [7, 11) is 0. The Morgan fingerprint density at radius 2 is 1.90 bits per heavy atom. The Morgan fingerprint density at radius 1 is 1.30 bits per heavy atom. The van der Waals surface area contributed by atoms with E-state index >= 15 is 0 Å². The van der Waals surface area contributed by atoms with Crippen LogP contribution in [-0.2, 0) is 0 Å². The number of carbonyl (C=O) groups excluding carboxylic acids is 1. The summed E-state index contributed by atoms with van der Waals surface area (Å²) in [6.07, 6.45) is 3.68. The highest BCUT2D eigenvalue weighted by Crippen LogP contribution is 2.32. The van der Waals surface area contributed by atoms with Crippen molar-refractivity contribution in [2.24, 2.45) is 11.7 Å². The molecule has 1 saturated carbocycles. The van der Waals surface area contributed by atoms with Crippen molar-refractivity contribution < 1.29 is 4.79 Å². The fraction of sp³-hybridized carbons (Fsp3) is 0.467. The van der Waals surface area contributed by atoms with Crippen molar-refractivity contribution in [1.29, 1.82) is 0 Å². The lowest BCUT2D eigenvalue weighted by Gasteiger charge is -2.39. The molecule has 0 spiro atoms. The van der Waals surface area contributed by atoms with E-state index in [2.05, 4.69) is 17.6 Å². The summed E-state index contributed by atoms with van der Waals surface area (Å²) in [5.41, 5.74) is 6.09. The molecule has 0 radical (unpaired) electrons. The molecule has 1 aromatic rings. The molecule has 1 fully saturated rings. The van der Waals surface area contributed by atoms with Crippen LogP contribution < -0.4 is 16.4 Å². The maximum Gasteiger partial charge on any atom is 0.320 e. The van der Waals surface area contributed by atoms with Crippen molar-refractivity contribution in [2.45, 2.75) is 38.1 Å². The number of rotatable bonds is 3. The Morgan fingerprint density at radius 3 is 2.45 bits per heavy atom. The second kappa shape index (κ2) is 6.22. The van der Waals surface area contributed by atoms with Crippen LogP contribution in [0.1, 0.15) is 32.6 Å². The monoisotopic (exact) mass is 291 g/mol. The minimum Gasteiger partial charge on any atom is -0.391 e. The number of carbonyl (C=O) groups is 1. The predicted octanol–water partition coefficient (Wildman–Crippen LogP) is 3.04. The summed E-state index contributed by atoms with van der Waals surface area (Å²) in [6, 6.07) is 9.09. The van der Waals surface area contributed by atoms with Crippen LogP contribution in [0.25, 0.3) is 0 Å². The topological polar surface area (TPSA) is 67.2 Å². The number of benzene rings is 1. The molecule has 1 aliphatic rings. The number of thiocarbonyl (C=S) groups is 1. The van der Waals surface area contributed by atoms with Crippen molar-refractivity contribution in [3.8, 4) is 0 Å². The lowest BCUT2D eigenvalue weighted by molar-refractivity contribution is 0.227. The molecule has 0 heterocycles. The summed E-state index contributed by atoms with van der Waals surface area (Å²) >= 11 is 5.18. The van der Waals surface area contributed by atoms with Crippen molar-refractivity contribution >= 4 is 28.9 Å². The van der Waals surface area contributed by atoms with E-state index in [1.165, 1.54) is 0 Å². The minimum atomic E-state index is -0.541. The van der Waals surface area contributed by atoms with Gasteiger partial charge >= 0.3 is 6.03 Å². The minimum absolute atomic E-state index is 0.251. The number of hydrogen-bond acceptors (Lipinski definition) is 2. The first-order valence-corrected chi connectivity index (χ1v) is 7.37. The van der Waals surface area contributed by atoms with Crippen LogP contribution in [0.2, 0.25) is 0 Å². The number of para-hydroxylation sites is 1. The number of amides is 2. The zero-order chi connectivity index (χ0) is 14.6. The molecule has 4 nitrogen and oxygen atoms in total. The van der Waals surface area contributed by atoms with Crippen LogP contribution in [0.4, 0.5) is 10.5 Å². The fourth-order valence-electron chi connectivity index (χ4n) is 2.59. The van der Waals surface area contributed by atoms with Crippen molar-refractivity contribution in [2.75, 3.05) is 5.32 Å². The molecule has 0 saturated heterocycles. The molecule has 4 N–H and O–H groups in total. The smallest absolute Gasteiger partial charge is 0.320 e. The molecule has 0 bridgehead atoms. The maximum atomic E-state index is 12.1. The summed E-state index contributed by atoms with van der Waals surface area (Å²) in [5, 5.41) is 5.80. The highest BCUT2D eigenvalue weighted by atomic mass is 32.1. The van der Waals surface area contributed by atoms with E-state index in [9.17, 15) is 4.79 Å². The molecule has 0 atom stereocenters. The average Bonchev–Trinajstić information content (AvgIpc) is 2.42. The Bertz CT molecular complexity index is 481. The zero-order valence-corrected chi connectivity index (χ0v) is 12.5. The first-order valence-electron chi connectivity index (χ1n) is 6.96. The number of hydrogen-bond donors (Lipinski definition) is 3. The molecule has 0 aliphatic heterocycles. The molecular weight excluding hydrogens is 270 g/mol. The van der Waals surface area contributed by atoms with Gasteiger partial charge in [0.2, 0.25) is 0 Å². The molecule has 5 heteroatoms. The Hall–Kier alpha value is -1.62. The van der Waals surface area contributed by atoms with Crippen molar-refractivity contribution in [1.82, 2.24) is 5.32 Å². The SMILES string of the molecule is CC1CCC(NC(=O)Nc2ccccc2)(C(N)=S)CC1. The largest absolute Gasteiger partial charge is 0.391 e. The summed E-state index contributed by atoms with van der Waals surface area (Å²) < 4.78 is 0. The molecule has 0 unspecified atom stereocenters. The number of anilines is 1. The standard InChI is InChI=1S/C15H21N3OS/c1-11-7-9-15(10-8-11,13(16)20)18-14(19)17-12-5-3-2-4-6-12/h2-6,11H,7-10H2,1H3,(H2,16,20)(H2,17,18,19). The van der Waals surface area contributed by atoms with Crippen LogP contribution in [0.5, 0.6) is 0 Å². The molecule has 2 amide bonds. The summed E-state index contributed by atoms with van der Waals surface area (Å²) in [4.78, 5) is 12.5. The third-order valence-corrected chi connectivity index (χ3v) is 4.37. The molecule has 1 aromatic carbocycles. The van der Waals surface area contributed by atoms with E-state index in [0.717, 1.165) is 31.4 Å². The number of nitrogens with one attached hydrogen (secondary N) is 2. The van der Waals surface area contributed by atoms with E-state index in [-0.39, 0.29) is 6.03 Å². The lowest BCUT2D eigenvalue weighted by Crippen LogP contribution is -2.59. The normalized spacial score (nSPS) is 25.8. The molecule has 20 heavy (non-hydrogen) atoms. The van der Waals surface area contributed by atoms with Gasteiger partial charge in [-0.25, -0.2) is 4.79 Å². The van der Waals surface area contributed by atoms with Crippen LogP contribution >= 0.6 is 12.2 Å². The molecule has 1 aliphatic carbocycles. The first kappa shape index (κ1) is 14.8. The molecular formula is C15H21N3OS. The van der Waals surface area contributed by atoms with Gasteiger partial charge in [-0.3, -0.25) is 0 Å². The third kappa shape index (κ3) is 3.48. The highest BCUT2D eigenvalue weighted by Gasteiger charge is 2.38. The molecule has 2 rings (SSSR count). The van der Waals surface area contributed by atoms with Gasteiger partial charge in [-0.15, -0.1) is 0 Å². The zero-order valence-electron chi connectivity index (χ0n) is 11.7. The third-order valence-electron chi connectivity index (χ3n) is 3.98. The second-order valence-electron chi connectivity index (χ2n) is 5.57. The van der Waals surface area contributed by atoms with Crippen molar-refractivity contribution in [3.63, 3.8) is 0 Å². The Balaban J connectivity index is 2.02. The summed E-state index contributed by atoms with van der Waals surface area (Å²) in [5.74, 6) is 0.663.